The molecule has 0 spiro atoms. The molecule has 1 aliphatic rings. The number of esters is 1. The fraction of sp³-hybridized carbons (Fsp3) is 0.400. The molecule has 5 heteroatoms. The van der Waals surface area contributed by atoms with E-state index in [-0.39, 0.29) is 34.7 Å². The van der Waals surface area contributed by atoms with Gasteiger partial charge >= 0.3 is 5.97 Å². The van der Waals surface area contributed by atoms with E-state index in [0.717, 1.165) is 6.07 Å². The number of allylic oxidation sites excluding steroid dienone is 2. The summed E-state index contributed by atoms with van der Waals surface area (Å²) in [5.74, 6) is -1.08. The number of aromatic hydroxyl groups is 2. The number of phenols is 2. The van der Waals surface area contributed by atoms with Gasteiger partial charge in [0.2, 0.25) is 0 Å². The second-order valence-electron chi connectivity index (χ2n) is 6.59. The number of benzene rings is 1. The van der Waals surface area contributed by atoms with Crippen LogP contribution in [0.15, 0.2) is 30.4 Å². The number of carbonyl (C=O) groups is 2. The zero-order valence-electron chi connectivity index (χ0n) is 14.7. The number of hydrogen-bond acceptors (Lipinski definition) is 5. The molecule has 1 aromatic rings. The molecule has 0 amide bonds. The Hall–Kier alpha value is -2.56. The third-order valence-electron chi connectivity index (χ3n) is 4.50. The summed E-state index contributed by atoms with van der Waals surface area (Å²) in [4.78, 5) is 24.6. The van der Waals surface area contributed by atoms with Gasteiger partial charge in [0.15, 0.2) is 5.78 Å². The molecule has 0 bridgehead atoms. The van der Waals surface area contributed by atoms with Gasteiger partial charge in [-0.1, -0.05) is 32.1 Å². The van der Waals surface area contributed by atoms with E-state index >= 15 is 0 Å². The summed E-state index contributed by atoms with van der Waals surface area (Å²) in [5.41, 5.74) is 0.409. The maximum Gasteiger partial charge on any atom is 0.342 e. The molecule has 25 heavy (non-hydrogen) atoms. The predicted molar refractivity (Wildman–Crippen MR) is 95.4 cm³/mol. The molecule has 134 valence electrons. The van der Waals surface area contributed by atoms with E-state index in [0.29, 0.717) is 18.4 Å². The average molecular weight is 344 g/mol. The van der Waals surface area contributed by atoms with Crippen LogP contribution in [0.4, 0.5) is 0 Å². The molecular weight excluding hydrogens is 320 g/mol. The van der Waals surface area contributed by atoms with Crippen molar-refractivity contribution in [1.29, 1.82) is 0 Å². The summed E-state index contributed by atoms with van der Waals surface area (Å²) in [7, 11) is 0. The van der Waals surface area contributed by atoms with Crippen molar-refractivity contribution >= 4 is 17.8 Å². The predicted octanol–water partition coefficient (Wildman–Crippen LogP) is 3.85. The quantitative estimate of drug-likeness (QED) is 0.699. The van der Waals surface area contributed by atoms with Crippen LogP contribution in [0.5, 0.6) is 11.5 Å². The number of cyclic esters (lactones) is 1. The van der Waals surface area contributed by atoms with Crippen LogP contribution >= 0.6 is 0 Å². The number of hydrogen-bond donors (Lipinski definition) is 2. The summed E-state index contributed by atoms with van der Waals surface area (Å²) in [6, 6.07) is 2.52. The minimum absolute atomic E-state index is 0.0266. The number of ketones is 1. The molecule has 0 fully saturated rings. The molecule has 0 aliphatic carbocycles. The van der Waals surface area contributed by atoms with Crippen molar-refractivity contribution in [3.05, 3.63) is 41.5 Å². The molecule has 0 radical (unpaired) electrons. The Morgan fingerprint density at radius 1 is 1.00 bits per heavy atom. The third kappa shape index (κ3) is 4.72. The molecular formula is C20H24O5. The van der Waals surface area contributed by atoms with Gasteiger partial charge in [-0.05, 0) is 37.0 Å². The third-order valence-corrected chi connectivity index (χ3v) is 4.50. The largest absolute Gasteiger partial charge is 0.508 e. The average Bonchev–Trinajstić information content (AvgIpc) is 2.52. The Morgan fingerprint density at radius 3 is 2.40 bits per heavy atom. The van der Waals surface area contributed by atoms with E-state index in [9.17, 15) is 19.8 Å². The number of fused-ring (bicyclic) bond motifs is 1. The number of rotatable bonds is 0. The minimum Gasteiger partial charge on any atom is -0.508 e. The summed E-state index contributed by atoms with van der Waals surface area (Å²) in [6.45, 7) is 5.61. The highest BCUT2D eigenvalue weighted by molar-refractivity contribution is 5.97. The standard InChI is InChI=1S/C20H24O5/c1-12-6-4-8-15-10-16(21)11-18(23)19(15)20(24)25-13(2)7-5-9-17(22)14(12)3/h4-5,8-14,21,23H,6-7H2,1-3H3/b8-4+,9-5-. The summed E-state index contributed by atoms with van der Waals surface area (Å²) in [5, 5.41) is 19.8. The maximum absolute atomic E-state index is 12.4. The Labute approximate surface area is 147 Å². The Kier molecular flexibility index (Phi) is 6.02. The van der Waals surface area contributed by atoms with Crippen molar-refractivity contribution in [2.75, 3.05) is 0 Å². The first kappa shape index (κ1) is 18.8. The molecule has 0 saturated carbocycles. The first-order chi connectivity index (χ1) is 11.8. The van der Waals surface area contributed by atoms with Crippen molar-refractivity contribution in [2.24, 2.45) is 11.8 Å². The van der Waals surface area contributed by atoms with Crippen LogP contribution in [0.1, 0.15) is 49.5 Å². The lowest BCUT2D eigenvalue weighted by molar-refractivity contribution is -0.119. The van der Waals surface area contributed by atoms with E-state index in [1.165, 1.54) is 6.07 Å². The fourth-order valence-corrected chi connectivity index (χ4v) is 2.70. The molecule has 3 unspecified atom stereocenters. The van der Waals surface area contributed by atoms with Gasteiger partial charge in [0.25, 0.3) is 0 Å². The smallest absolute Gasteiger partial charge is 0.342 e. The van der Waals surface area contributed by atoms with Crippen LogP contribution in [0.25, 0.3) is 6.08 Å². The van der Waals surface area contributed by atoms with Crippen molar-refractivity contribution in [3.63, 3.8) is 0 Å². The van der Waals surface area contributed by atoms with Gasteiger partial charge < -0.3 is 14.9 Å². The van der Waals surface area contributed by atoms with E-state index in [1.54, 1.807) is 25.2 Å². The van der Waals surface area contributed by atoms with Crippen LogP contribution in [-0.2, 0) is 9.53 Å². The van der Waals surface area contributed by atoms with Crippen molar-refractivity contribution in [3.8, 4) is 11.5 Å². The van der Waals surface area contributed by atoms with Crippen LogP contribution in [-0.4, -0.2) is 28.1 Å². The topological polar surface area (TPSA) is 83.8 Å². The highest BCUT2D eigenvalue weighted by Gasteiger charge is 2.21. The molecule has 2 rings (SSSR count). The van der Waals surface area contributed by atoms with Crippen LogP contribution in [0, 0.1) is 11.8 Å². The van der Waals surface area contributed by atoms with Crippen molar-refractivity contribution in [1.82, 2.24) is 0 Å². The van der Waals surface area contributed by atoms with Gasteiger partial charge in [0.1, 0.15) is 23.2 Å². The maximum atomic E-state index is 12.4. The highest BCUT2D eigenvalue weighted by atomic mass is 16.5. The first-order valence-corrected chi connectivity index (χ1v) is 8.43. The van der Waals surface area contributed by atoms with E-state index in [4.69, 9.17) is 4.74 Å². The Bertz CT molecular complexity index is 717. The van der Waals surface area contributed by atoms with Gasteiger partial charge in [0, 0.05) is 18.4 Å². The van der Waals surface area contributed by atoms with E-state index in [1.807, 2.05) is 19.9 Å². The molecule has 3 atom stereocenters. The lowest BCUT2D eigenvalue weighted by Crippen LogP contribution is -2.18. The summed E-state index contributed by atoms with van der Waals surface area (Å²) < 4.78 is 5.35. The SMILES string of the molecule is CC1C/C=C\C(=O)C(C)C(C)C/C=C/c2cc(O)cc(O)c2C(=O)O1. The lowest BCUT2D eigenvalue weighted by Gasteiger charge is -2.17. The van der Waals surface area contributed by atoms with Gasteiger partial charge in [0.05, 0.1) is 0 Å². The van der Waals surface area contributed by atoms with Crippen molar-refractivity contribution < 1.29 is 24.5 Å². The molecule has 0 aromatic heterocycles. The van der Waals surface area contributed by atoms with Crippen LogP contribution < -0.4 is 0 Å². The van der Waals surface area contributed by atoms with E-state index in [2.05, 4.69) is 0 Å². The number of ether oxygens (including phenoxy) is 1. The number of phenolic OH excluding ortho intramolecular Hbond substituents is 2. The first-order valence-electron chi connectivity index (χ1n) is 8.43. The zero-order chi connectivity index (χ0) is 18.6. The van der Waals surface area contributed by atoms with Crippen LogP contribution in [0.3, 0.4) is 0 Å². The van der Waals surface area contributed by atoms with Gasteiger partial charge in [-0.3, -0.25) is 4.79 Å². The zero-order valence-corrected chi connectivity index (χ0v) is 14.7. The Morgan fingerprint density at radius 2 is 1.68 bits per heavy atom. The highest BCUT2D eigenvalue weighted by Crippen LogP contribution is 2.30. The van der Waals surface area contributed by atoms with Gasteiger partial charge in [-0.25, -0.2) is 4.79 Å². The number of carbonyl (C=O) groups excluding carboxylic acids is 2. The summed E-state index contributed by atoms with van der Waals surface area (Å²) >= 11 is 0. The second-order valence-corrected chi connectivity index (χ2v) is 6.59. The normalized spacial score (nSPS) is 27.7. The fourth-order valence-electron chi connectivity index (χ4n) is 2.70. The minimum atomic E-state index is -0.664. The molecule has 1 aliphatic heterocycles. The van der Waals surface area contributed by atoms with Crippen LogP contribution in [0.2, 0.25) is 0 Å². The molecule has 2 N–H and O–H groups in total. The summed E-state index contributed by atoms with van der Waals surface area (Å²) in [6.07, 6.45) is 7.34. The van der Waals surface area contributed by atoms with E-state index < -0.39 is 12.1 Å². The monoisotopic (exact) mass is 344 g/mol. The Balaban J connectivity index is 2.43. The molecule has 1 heterocycles. The van der Waals surface area contributed by atoms with Crippen molar-refractivity contribution in [2.45, 2.75) is 39.7 Å². The second kappa shape index (κ2) is 8.01. The molecule has 5 nitrogen and oxygen atoms in total. The van der Waals surface area contributed by atoms with Gasteiger partial charge in [-0.2, -0.15) is 0 Å². The molecule has 1 aromatic carbocycles. The lowest BCUT2D eigenvalue weighted by atomic mass is 9.88. The van der Waals surface area contributed by atoms with Gasteiger partial charge in [-0.15, -0.1) is 0 Å². The molecule has 0 saturated heterocycles.